The van der Waals surface area contributed by atoms with Gasteiger partial charge in [-0.2, -0.15) is 0 Å². The van der Waals surface area contributed by atoms with Gasteiger partial charge in [0.1, 0.15) is 5.01 Å². The Labute approximate surface area is 130 Å². The second-order valence-corrected chi connectivity index (χ2v) is 6.73. The quantitative estimate of drug-likeness (QED) is 0.756. The molecule has 2 aromatic heterocycles. The van der Waals surface area contributed by atoms with E-state index in [9.17, 15) is 4.79 Å². The molecule has 0 spiro atoms. The third kappa shape index (κ3) is 3.47. The molecule has 3 aromatic rings. The van der Waals surface area contributed by atoms with E-state index in [-0.39, 0.29) is 5.91 Å². The van der Waals surface area contributed by atoms with Crippen LogP contribution in [0.2, 0.25) is 0 Å². The molecule has 0 aliphatic heterocycles. The SMILES string of the molecule is CC(=O)Nc1ccsc1CNCc1nc2ccccc2s1. The zero-order valence-electron chi connectivity index (χ0n) is 11.6. The Hall–Kier alpha value is -1.76. The van der Waals surface area contributed by atoms with Crippen LogP contribution >= 0.6 is 22.7 Å². The summed E-state index contributed by atoms with van der Waals surface area (Å²) in [5.41, 5.74) is 1.94. The van der Waals surface area contributed by atoms with E-state index in [0.717, 1.165) is 34.2 Å². The molecule has 0 fully saturated rings. The van der Waals surface area contributed by atoms with Gasteiger partial charge in [-0.3, -0.25) is 4.79 Å². The van der Waals surface area contributed by atoms with Crippen molar-refractivity contribution in [1.29, 1.82) is 0 Å². The van der Waals surface area contributed by atoms with Crippen molar-refractivity contribution in [3.05, 3.63) is 45.6 Å². The van der Waals surface area contributed by atoms with Gasteiger partial charge in [0.05, 0.1) is 15.9 Å². The highest BCUT2D eigenvalue weighted by atomic mass is 32.1. The van der Waals surface area contributed by atoms with Crippen molar-refractivity contribution in [2.75, 3.05) is 5.32 Å². The number of hydrogen-bond acceptors (Lipinski definition) is 5. The number of aromatic nitrogens is 1. The number of amides is 1. The summed E-state index contributed by atoms with van der Waals surface area (Å²) in [6.07, 6.45) is 0. The molecule has 3 rings (SSSR count). The highest BCUT2D eigenvalue weighted by Gasteiger charge is 2.07. The molecule has 21 heavy (non-hydrogen) atoms. The first-order valence-corrected chi connectivity index (χ1v) is 8.31. The lowest BCUT2D eigenvalue weighted by molar-refractivity contribution is -0.114. The Morgan fingerprint density at radius 2 is 2.10 bits per heavy atom. The first-order valence-electron chi connectivity index (χ1n) is 6.61. The van der Waals surface area contributed by atoms with Gasteiger partial charge in [0.2, 0.25) is 5.91 Å². The van der Waals surface area contributed by atoms with Gasteiger partial charge in [-0.15, -0.1) is 22.7 Å². The summed E-state index contributed by atoms with van der Waals surface area (Å²) in [6.45, 7) is 2.98. The van der Waals surface area contributed by atoms with Crippen LogP contribution in [0.25, 0.3) is 10.2 Å². The molecule has 0 atom stereocenters. The van der Waals surface area contributed by atoms with Crippen LogP contribution in [0.1, 0.15) is 16.8 Å². The zero-order valence-corrected chi connectivity index (χ0v) is 13.2. The zero-order chi connectivity index (χ0) is 14.7. The minimum atomic E-state index is -0.0409. The van der Waals surface area contributed by atoms with Crippen LogP contribution in [0.3, 0.4) is 0 Å². The number of para-hydroxylation sites is 1. The molecule has 1 amide bonds. The van der Waals surface area contributed by atoms with Crippen molar-refractivity contribution in [1.82, 2.24) is 10.3 Å². The largest absolute Gasteiger partial charge is 0.325 e. The van der Waals surface area contributed by atoms with Gasteiger partial charge in [-0.25, -0.2) is 4.98 Å². The number of carbonyl (C=O) groups excluding carboxylic acids is 1. The fourth-order valence-corrected chi connectivity index (χ4v) is 3.79. The second kappa shape index (κ2) is 6.34. The van der Waals surface area contributed by atoms with Crippen LogP contribution in [0.5, 0.6) is 0 Å². The number of fused-ring (bicyclic) bond motifs is 1. The number of thiazole rings is 1. The fraction of sp³-hybridized carbons (Fsp3) is 0.200. The lowest BCUT2D eigenvalue weighted by Gasteiger charge is -2.05. The number of carbonyl (C=O) groups is 1. The molecule has 1 aromatic carbocycles. The Morgan fingerprint density at radius 3 is 2.90 bits per heavy atom. The summed E-state index contributed by atoms with van der Waals surface area (Å²) in [6, 6.07) is 10.1. The number of anilines is 1. The highest BCUT2D eigenvalue weighted by molar-refractivity contribution is 7.18. The molecule has 0 unspecified atom stereocenters. The predicted octanol–water partition coefficient (Wildman–Crippen LogP) is 3.61. The van der Waals surface area contributed by atoms with Crippen molar-refractivity contribution in [3.8, 4) is 0 Å². The average molecular weight is 317 g/mol. The average Bonchev–Trinajstić information content (AvgIpc) is 3.05. The van der Waals surface area contributed by atoms with Crippen LogP contribution in [-0.2, 0) is 17.9 Å². The van der Waals surface area contributed by atoms with E-state index < -0.39 is 0 Å². The highest BCUT2D eigenvalue weighted by Crippen LogP contribution is 2.23. The third-order valence-corrected chi connectivity index (χ3v) is 4.91. The first kappa shape index (κ1) is 14.2. The monoisotopic (exact) mass is 317 g/mol. The number of nitrogens with zero attached hydrogens (tertiary/aromatic N) is 1. The van der Waals surface area contributed by atoms with Gasteiger partial charge >= 0.3 is 0 Å². The summed E-state index contributed by atoms with van der Waals surface area (Å²) in [5, 5.41) is 9.29. The third-order valence-electron chi connectivity index (χ3n) is 2.96. The van der Waals surface area contributed by atoms with Gasteiger partial charge < -0.3 is 10.6 Å². The minimum absolute atomic E-state index is 0.0409. The molecule has 0 saturated heterocycles. The maximum Gasteiger partial charge on any atom is 0.221 e. The molecule has 0 bridgehead atoms. The fourth-order valence-electron chi connectivity index (χ4n) is 2.06. The minimum Gasteiger partial charge on any atom is -0.325 e. The molecule has 4 nitrogen and oxygen atoms in total. The van der Waals surface area contributed by atoms with Gasteiger partial charge in [0.15, 0.2) is 0 Å². The van der Waals surface area contributed by atoms with Gasteiger partial charge in [-0.05, 0) is 23.6 Å². The van der Waals surface area contributed by atoms with Crippen LogP contribution in [0, 0.1) is 0 Å². The van der Waals surface area contributed by atoms with Crippen molar-refractivity contribution in [2.45, 2.75) is 20.0 Å². The lowest BCUT2D eigenvalue weighted by Crippen LogP contribution is -2.14. The molecule has 0 radical (unpaired) electrons. The molecule has 0 aliphatic rings. The number of thiophene rings is 1. The predicted molar refractivity (Wildman–Crippen MR) is 88.8 cm³/mol. The first-order chi connectivity index (χ1) is 10.2. The Balaban J connectivity index is 1.61. The smallest absolute Gasteiger partial charge is 0.221 e. The molecule has 108 valence electrons. The molecule has 0 saturated carbocycles. The van der Waals surface area contributed by atoms with E-state index in [4.69, 9.17) is 0 Å². The lowest BCUT2D eigenvalue weighted by atomic mass is 10.3. The Kier molecular flexibility index (Phi) is 4.28. The van der Waals surface area contributed by atoms with Crippen LogP contribution < -0.4 is 10.6 Å². The standard InChI is InChI=1S/C15H15N3OS2/c1-10(19)17-12-6-7-20-14(12)8-16-9-15-18-11-4-2-3-5-13(11)21-15/h2-7,16H,8-9H2,1H3,(H,17,19). The van der Waals surface area contributed by atoms with E-state index in [0.29, 0.717) is 0 Å². The molecular weight excluding hydrogens is 302 g/mol. The van der Waals surface area contributed by atoms with E-state index in [1.54, 1.807) is 22.7 Å². The maximum absolute atomic E-state index is 11.1. The summed E-state index contributed by atoms with van der Waals surface area (Å²) < 4.78 is 1.21. The summed E-state index contributed by atoms with van der Waals surface area (Å²) in [5.74, 6) is -0.0409. The molecule has 0 aliphatic carbocycles. The van der Waals surface area contributed by atoms with E-state index >= 15 is 0 Å². The van der Waals surface area contributed by atoms with Crippen LogP contribution in [0.4, 0.5) is 5.69 Å². The van der Waals surface area contributed by atoms with E-state index in [2.05, 4.69) is 21.7 Å². The van der Waals surface area contributed by atoms with Crippen molar-refractivity contribution in [2.24, 2.45) is 0 Å². The number of nitrogens with one attached hydrogen (secondary N) is 2. The summed E-state index contributed by atoms with van der Waals surface area (Å²) in [7, 11) is 0. The number of rotatable bonds is 5. The maximum atomic E-state index is 11.1. The molecule has 2 N–H and O–H groups in total. The summed E-state index contributed by atoms with van der Waals surface area (Å²) in [4.78, 5) is 16.8. The summed E-state index contributed by atoms with van der Waals surface area (Å²) >= 11 is 3.35. The van der Waals surface area contributed by atoms with Crippen molar-refractivity contribution >= 4 is 44.5 Å². The van der Waals surface area contributed by atoms with Crippen molar-refractivity contribution < 1.29 is 4.79 Å². The normalized spacial score (nSPS) is 10.9. The molecular formula is C15H15N3OS2. The van der Waals surface area contributed by atoms with Crippen LogP contribution in [0.15, 0.2) is 35.7 Å². The topological polar surface area (TPSA) is 54.0 Å². The Bertz CT molecular complexity index is 730. The van der Waals surface area contributed by atoms with Crippen LogP contribution in [-0.4, -0.2) is 10.9 Å². The molecule has 6 heteroatoms. The van der Waals surface area contributed by atoms with Gasteiger partial charge in [-0.1, -0.05) is 12.1 Å². The number of benzene rings is 1. The molecule has 2 heterocycles. The Morgan fingerprint density at radius 1 is 1.24 bits per heavy atom. The second-order valence-electron chi connectivity index (χ2n) is 4.62. The van der Waals surface area contributed by atoms with Gasteiger partial charge in [0.25, 0.3) is 0 Å². The van der Waals surface area contributed by atoms with Crippen molar-refractivity contribution in [3.63, 3.8) is 0 Å². The van der Waals surface area contributed by atoms with E-state index in [1.807, 2.05) is 29.6 Å². The van der Waals surface area contributed by atoms with Gasteiger partial charge in [0, 0.05) is 24.9 Å². The number of hydrogen-bond donors (Lipinski definition) is 2. The van der Waals surface area contributed by atoms with E-state index in [1.165, 1.54) is 11.6 Å².